The summed E-state index contributed by atoms with van der Waals surface area (Å²) in [7, 11) is 0. The highest BCUT2D eigenvalue weighted by Gasteiger charge is 2.22. The molecule has 2 aromatic heterocycles. The SMILES string of the molecule is Cc1nc(C2CCNCC2)ncc1-c1nc(N2CCCCCC2)ncc1-c1ccc(F)cc1. The van der Waals surface area contributed by atoms with Gasteiger partial charge in [-0.25, -0.2) is 24.3 Å². The monoisotopic (exact) mass is 446 g/mol. The fourth-order valence-electron chi connectivity index (χ4n) is 4.84. The molecule has 6 nitrogen and oxygen atoms in total. The van der Waals surface area contributed by atoms with Gasteiger partial charge < -0.3 is 10.2 Å². The van der Waals surface area contributed by atoms with Gasteiger partial charge in [-0.3, -0.25) is 0 Å². The lowest BCUT2D eigenvalue weighted by Gasteiger charge is -2.23. The molecule has 2 aliphatic rings. The highest BCUT2D eigenvalue weighted by Crippen LogP contribution is 2.34. The number of nitrogens with one attached hydrogen (secondary N) is 1. The van der Waals surface area contributed by atoms with Crippen molar-refractivity contribution in [1.29, 1.82) is 0 Å². The molecule has 1 aromatic carbocycles. The molecule has 5 rings (SSSR count). The van der Waals surface area contributed by atoms with Gasteiger partial charge in [-0.2, -0.15) is 0 Å². The van der Waals surface area contributed by atoms with E-state index in [1.807, 2.05) is 19.3 Å². The van der Waals surface area contributed by atoms with Crippen LogP contribution in [0.3, 0.4) is 0 Å². The van der Waals surface area contributed by atoms with Crippen LogP contribution in [0.15, 0.2) is 36.7 Å². The second kappa shape index (κ2) is 9.91. The molecule has 0 bridgehead atoms. The van der Waals surface area contributed by atoms with Crippen molar-refractivity contribution in [2.75, 3.05) is 31.1 Å². The Kier molecular flexibility index (Phi) is 6.58. The number of anilines is 1. The minimum atomic E-state index is -0.256. The van der Waals surface area contributed by atoms with Gasteiger partial charge in [-0.15, -0.1) is 0 Å². The summed E-state index contributed by atoms with van der Waals surface area (Å²) in [5.41, 5.74) is 4.39. The number of benzene rings is 1. The molecule has 0 spiro atoms. The summed E-state index contributed by atoms with van der Waals surface area (Å²) in [4.78, 5) is 21.7. The van der Waals surface area contributed by atoms with Crippen LogP contribution in [0.2, 0.25) is 0 Å². The van der Waals surface area contributed by atoms with Crippen molar-refractivity contribution >= 4 is 5.95 Å². The Balaban J connectivity index is 1.57. The van der Waals surface area contributed by atoms with E-state index in [1.54, 1.807) is 12.1 Å². The van der Waals surface area contributed by atoms with Crippen LogP contribution >= 0.6 is 0 Å². The first-order valence-corrected chi connectivity index (χ1v) is 12.1. The lowest BCUT2D eigenvalue weighted by atomic mass is 9.96. The maximum Gasteiger partial charge on any atom is 0.225 e. The first-order chi connectivity index (χ1) is 16.2. The van der Waals surface area contributed by atoms with Gasteiger partial charge in [-0.1, -0.05) is 25.0 Å². The first-order valence-electron chi connectivity index (χ1n) is 12.1. The molecule has 7 heteroatoms. The maximum atomic E-state index is 13.6. The normalized spacial score (nSPS) is 17.7. The topological polar surface area (TPSA) is 66.8 Å². The third-order valence-corrected chi connectivity index (χ3v) is 6.78. The van der Waals surface area contributed by atoms with E-state index >= 15 is 0 Å². The number of halogens is 1. The lowest BCUT2D eigenvalue weighted by Crippen LogP contribution is -2.27. The fraction of sp³-hybridized carbons (Fsp3) is 0.462. The molecule has 1 N–H and O–H groups in total. The number of piperidine rings is 1. The Morgan fingerprint density at radius 3 is 2.27 bits per heavy atom. The van der Waals surface area contributed by atoms with Crippen LogP contribution in [-0.2, 0) is 0 Å². The van der Waals surface area contributed by atoms with Crippen molar-refractivity contribution in [3.05, 3.63) is 54.0 Å². The minimum Gasteiger partial charge on any atom is -0.341 e. The van der Waals surface area contributed by atoms with Crippen molar-refractivity contribution in [3.8, 4) is 22.4 Å². The minimum absolute atomic E-state index is 0.256. The van der Waals surface area contributed by atoms with E-state index in [-0.39, 0.29) is 5.82 Å². The van der Waals surface area contributed by atoms with Crippen LogP contribution in [0.1, 0.15) is 56.0 Å². The van der Waals surface area contributed by atoms with Gasteiger partial charge in [-0.05, 0) is 63.4 Å². The number of hydrogen-bond acceptors (Lipinski definition) is 6. The summed E-state index contributed by atoms with van der Waals surface area (Å²) in [6, 6.07) is 6.52. The van der Waals surface area contributed by atoms with E-state index in [1.165, 1.54) is 25.0 Å². The van der Waals surface area contributed by atoms with Gasteiger partial charge in [0.05, 0.1) is 11.4 Å². The Morgan fingerprint density at radius 1 is 0.879 bits per heavy atom. The van der Waals surface area contributed by atoms with E-state index < -0.39 is 0 Å². The third-order valence-electron chi connectivity index (χ3n) is 6.78. The Morgan fingerprint density at radius 2 is 1.58 bits per heavy atom. The zero-order valence-corrected chi connectivity index (χ0v) is 19.2. The molecule has 0 atom stereocenters. The number of hydrogen-bond donors (Lipinski definition) is 1. The predicted molar refractivity (Wildman–Crippen MR) is 129 cm³/mol. The van der Waals surface area contributed by atoms with Crippen molar-refractivity contribution in [2.24, 2.45) is 0 Å². The fourth-order valence-corrected chi connectivity index (χ4v) is 4.84. The van der Waals surface area contributed by atoms with E-state index in [0.717, 1.165) is 91.7 Å². The van der Waals surface area contributed by atoms with Crippen molar-refractivity contribution in [1.82, 2.24) is 25.3 Å². The van der Waals surface area contributed by atoms with Crippen LogP contribution in [0.25, 0.3) is 22.4 Å². The first kappa shape index (κ1) is 21.9. The molecule has 2 fully saturated rings. The van der Waals surface area contributed by atoms with Gasteiger partial charge in [0, 0.05) is 42.5 Å². The predicted octanol–water partition coefficient (Wildman–Crippen LogP) is 4.90. The highest BCUT2D eigenvalue weighted by atomic mass is 19.1. The zero-order valence-electron chi connectivity index (χ0n) is 19.2. The highest BCUT2D eigenvalue weighted by molar-refractivity contribution is 5.81. The Bertz CT molecular complexity index is 1090. The molecular weight excluding hydrogens is 415 g/mol. The van der Waals surface area contributed by atoms with Gasteiger partial charge in [0.1, 0.15) is 11.6 Å². The van der Waals surface area contributed by atoms with Gasteiger partial charge >= 0.3 is 0 Å². The molecule has 2 aliphatic heterocycles. The second-order valence-electron chi connectivity index (χ2n) is 9.09. The van der Waals surface area contributed by atoms with E-state index in [9.17, 15) is 4.39 Å². The number of nitrogens with zero attached hydrogens (tertiary/aromatic N) is 5. The van der Waals surface area contributed by atoms with Gasteiger partial charge in [0.15, 0.2) is 0 Å². The Hall–Kier alpha value is -2.93. The van der Waals surface area contributed by atoms with E-state index in [2.05, 4.69) is 10.2 Å². The smallest absolute Gasteiger partial charge is 0.225 e. The van der Waals surface area contributed by atoms with Crippen molar-refractivity contribution < 1.29 is 4.39 Å². The number of rotatable bonds is 4. The molecule has 4 heterocycles. The molecule has 33 heavy (non-hydrogen) atoms. The van der Waals surface area contributed by atoms with E-state index in [4.69, 9.17) is 19.9 Å². The van der Waals surface area contributed by atoms with Crippen LogP contribution < -0.4 is 10.2 Å². The van der Waals surface area contributed by atoms with Gasteiger partial charge in [0.25, 0.3) is 0 Å². The van der Waals surface area contributed by atoms with Crippen LogP contribution in [0, 0.1) is 12.7 Å². The zero-order chi connectivity index (χ0) is 22.6. The summed E-state index contributed by atoms with van der Waals surface area (Å²) in [6.45, 7) is 5.99. The molecule has 0 radical (unpaired) electrons. The average molecular weight is 447 g/mol. The lowest BCUT2D eigenvalue weighted by molar-refractivity contribution is 0.444. The van der Waals surface area contributed by atoms with E-state index in [0.29, 0.717) is 5.92 Å². The van der Waals surface area contributed by atoms with Gasteiger partial charge in [0.2, 0.25) is 5.95 Å². The van der Waals surface area contributed by atoms with Crippen molar-refractivity contribution in [3.63, 3.8) is 0 Å². The average Bonchev–Trinajstić information content (AvgIpc) is 3.15. The molecule has 0 saturated carbocycles. The summed E-state index contributed by atoms with van der Waals surface area (Å²) >= 11 is 0. The van der Waals surface area contributed by atoms with Crippen molar-refractivity contribution in [2.45, 2.75) is 51.4 Å². The van der Waals surface area contributed by atoms with Crippen LogP contribution in [0.5, 0.6) is 0 Å². The Labute approximate surface area is 194 Å². The molecular formula is C26H31FN6. The number of aromatic nitrogens is 4. The summed E-state index contributed by atoms with van der Waals surface area (Å²) < 4.78 is 13.6. The van der Waals surface area contributed by atoms with Crippen LogP contribution in [0.4, 0.5) is 10.3 Å². The third kappa shape index (κ3) is 4.88. The molecule has 3 aromatic rings. The second-order valence-corrected chi connectivity index (χ2v) is 9.09. The molecule has 0 amide bonds. The standard InChI is InChI=1S/C26H31FN6/c1-18-22(16-29-25(31-18)20-10-12-28-13-11-20)24-23(19-6-8-21(27)9-7-19)17-30-26(32-24)33-14-4-2-3-5-15-33/h6-9,16-17,20,28H,2-5,10-15H2,1H3. The maximum absolute atomic E-state index is 13.6. The summed E-state index contributed by atoms with van der Waals surface area (Å²) in [5, 5.41) is 3.40. The summed E-state index contributed by atoms with van der Waals surface area (Å²) in [6.07, 6.45) is 10.7. The molecule has 0 unspecified atom stereocenters. The van der Waals surface area contributed by atoms with Crippen LogP contribution in [-0.4, -0.2) is 46.1 Å². The largest absolute Gasteiger partial charge is 0.341 e. The molecule has 172 valence electrons. The number of aryl methyl sites for hydroxylation is 1. The summed E-state index contributed by atoms with van der Waals surface area (Å²) in [5.74, 6) is 1.81. The molecule has 0 aliphatic carbocycles. The quantitative estimate of drug-likeness (QED) is 0.615. The molecule has 2 saturated heterocycles.